The molecule has 0 aromatic rings. The number of halogens is 1. The molecule has 5 nitrogen and oxygen atoms in total. The van der Waals surface area contributed by atoms with Gasteiger partial charge >= 0.3 is 0 Å². The summed E-state index contributed by atoms with van der Waals surface area (Å²) in [5.41, 5.74) is 0.547. The smallest absolute Gasteiger partial charge is 0.220 e. The number of guanidine groups is 1. The molecule has 1 spiro atoms. The third-order valence-corrected chi connectivity index (χ3v) is 6.54. The number of amides is 1. The highest BCUT2D eigenvalue weighted by atomic mass is 127. The summed E-state index contributed by atoms with van der Waals surface area (Å²) >= 11 is 0. The van der Waals surface area contributed by atoms with Gasteiger partial charge in [-0.25, -0.2) is 0 Å². The Morgan fingerprint density at radius 2 is 1.73 bits per heavy atom. The van der Waals surface area contributed by atoms with Gasteiger partial charge in [0.25, 0.3) is 0 Å². The zero-order valence-corrected chi connectivity index (χ0v) is 18.7. The fourth-order valence-electron chi connectivity index (χ4n) is 5.08. The third kappa shape index (κ3) is 5.99. The zero-order chi connectivity index (χ0) is 17.5. The Morgan fingerprint density at radius 3 is 2.42 bits per heavy atom. The number of nitrogens with one attached hydrogen (secondary N) is 2. The van der Waals surface area contributed by atoms with Gasteiger partial charge in [0.15, 0.2) is 5.96 Å². The first kappa shape index (κ1) is 21.8. The third-order valence-electron chi connectivity index (χ3n) is 6.54. The lowest BCUT2D eigenvalue weighted by molar-refractivity contribution is -0.121. The summed E-state index contributed by atoms with van der Waals surface area (Å²) in [4.78, 5) is 18.9. The van der Waals surface area contributed by atoms with E-state index in [2.05, 4.69) is 20.5 Å². The van der Waals surface area contributed by atoms with Crippen LogP contribution in [0.5, 0.6) is 0 Å². The molecule has 3 aliphatic rings. The molecule has 2 saturated carbocycles. The molecule has 150 valence electrons. The molecule has 0 aromatic heterocycles. The molecule has 1 heterocycles. The minimum Gasteiger partial charge on any atom is -0.354 e. The Morgan fingerprint density at radius 1 is 1.04 bits per heavy atom. The Balaban J connectivity index is 0.00000243. The normalized spacial score (nSPS) is 23.1. The van der Waals surface area contributed by atoms with E-state index < -0.39 is 0 Å². The van der Waals surface area contributed by atoms with Gasteiger partial charge in [0.05, 0.1) is 0 Å². The molecule has 0 unspecified atom stereocenters. The van der Waals surface area contributed by atoms with Crippen LogP contribution in [0.1, 0.15) is 70.6 Å². The first-order chi connectivity index (χ1) is 12.2. The average Bonchev–Trinajstić information content (AvgIpc) is 3.26. The van der Waals surface area contributed by atoms with E-state index >= 15 is 0 Å². The predicted molar refractivity (Wildman–Crippen MR) is 118 cm³/mol. The summed E-state index contributed by atoms with van der Waals surface area (Å²) in [7, 11) is 1.87. The highest BCUT2D eigenvalue weighted by molar-refractivity contribution is 14.0. The van der Waals surface area contributed by atoms with E-state index in [0.29, 0.717) is 24.3 Å². The number of rotatable bonds is 5. The lowest BCUT2D eigenvalue weighted by Gasteiger charge is -2.33. The van der Waals surface area contributed by atoms with Crippen LogP contribution in [-0.4, -0.2) is 50.0 Å². The van der Waals surface area contributed by atoms with Crippen molar-refractivity contribution in [2.45, 2.75) is 70.6 Å². The van der Waals surface area contributed by atoms with Crippen LogP contribution in [0.15, 0.2) is 4.99 Å². The molecule has 3 rings (SSSR count). The van der Waals surface area contributed by atoms with Gasteiger partial charge < -0.3 is 15.5 Å². The van der Waals surface area contributed by atoms with Crippen LogP contribution in [0.4, 0.5) is 0 Å². The quantitative estimate of drug-likeness (QED) is 0.276. The first-order valence-corrected chi connectivity index (χ1v) is 10.4. The van der Waals surface area contributed by atoms with Crippen molar-refractivity contribution >= 4 is 35.8 Å². The molecule has 26 heavy (non-hydrogen) atoms. The van der Waals surface area contributed by atoms with E-state index in [0.717, 1.165) is 25.6 Å². The maximum Gasteiger partial charge on any atom is 0.220 e. The molecule has 0 aromatic carbocycles. The summed E-state index contributed by atoms with van der Waals surface area (Å²) in [6.45, 7) is 3.71. The topological polar surface area (TPSA) is 56.7 Å². The largest absolute Gasteiger partial charge is 0.354 e. The number of aliphatic imine (C=N–C) groups is 1. The van der Waals surface area contributed by atoms with Crippen LogP contribution in [-0.2, 0) is 4.79 Å². The molecule has 2 aliphatic carbocycles. The Kier molecular flexibility index (Phi) is 8.97. The lowest BCUT2D eigenvalue weighted by atomic mass is 9.73. The molecule has 6 heteroatoms. The highest BCUT2D eigenvalue weighted by Crippen LogP contribution is 2.43. The van der Waals surface area contributed by atoms with Gasteiger partial charge in [-0.2, -0.15) is 0 Å². The number of hydrogen-bond donors (Lipinski definition) is 2. The van der Waals surface area contributed by atoms with Crippen LogP contribution < -0.4 is 10.6 Å². The molecule has 1 aliphatic heterocycles. The van der Waals surface area contributed by atoms with E-state index in [1.54, 1.807) is 0 Å². The Bertz CT molecular complexity index is 470. The first-order valence-electron chi connectivity index (χ1n) is 10.4. The van der Waals surface area contributed by atoms with Gasteiger partial charge in [0, 0.05) is 39.6 Å². The molecule has 0 atom stereocenters. The van der Waals surface area contributed by atoms with Crippen molar-refractivity contribution < 1.29 is 4.79 Å². The predicted octanol–water partition coefficient (Wildman–Crippen LogP) is 3.53. The van der Waals surface area contributed by atoms with Crippen LogP contribution in [0.25, 0.3) is 0 Å². The van der Waals surface area contributed by atoms with Crippen LogP contribution in [0.3, 0.4) is 0 Å². The van der Waals surface area contributed by atoms with Crippen LogP contribution >= 0.6 is 24.0 Å². The number of carbonyl (C=O) groups excluding carboxylic acids is 1. The minimum atomic E-state index is 0. The molecular formula is C20H37IN4O. The van der Waals surface area contributed by atoms with Gasteiger partial charge in [0.1, 0.15) is 0 Å². The van der Waals surface area contributed by atoms with Crippen molar-refractivity contribution in [2.24, 2.45) is 16.3 Å². The van der Waals surface area contributed by atoms with E-state index in [9.17, 15) is 4.79 Å². The molecule has 1 amide bonds. The van der Waals surface area contributed by atoms with Gasteiger partial charge in [0.2, 0.25) is 5.91 Å². The van der Waals surface area contributed by atoms with Crippen molar-refractivity contribution in [3.8, 4) is 0 Å². The average molecular weight is 476 g/mol. The van der Waals surface area contributed by atoms with E-state index in [1.165, 1.54) is 64.2 Å². The number of nitrogens with zero attached hydrogens (tertiary/aromatic N) is 2. The number of carbonyl (C=O) groups is 1. The summed E-state index contributed by atoms with van der Waals surface area (Å²) < 4.78 is 0. The summed E-state index contributed by atoms with van der Waals surface area (Å²) in [6, 6.07) is 0. The molecular weight excluding hydrogens is 439 g/mol. The summed E-state index contributed by atoms with van der Waals surface area (Å²) in [5.74, 6) is 1.84. The van der Waals surface area contributed by atoms with Gasteiger partial charge in [-0.3, -0.25) is 9.79 Å². The van der Waals surface area contributed by atoms with Crippen LogP contribution in [0.2, 0.25) is 0 Å². The van der Waals surface area contributed by atoms with Crippen LogP contribution in [0, 0.1) is 11.3 Å². The number of hydrogen-bond acceptors (Lipinski definition) is 2. The fourth-order valence-corrected chi connectivity index (χ4v) is 5.08. The Labute approximate surface area is 176 Å². The standard InChI is InChI=1S/C20H36N4O.HI/c1-21-19(24-14-11-20(16-24)9-5-2-6-10-20)23-13-12-22-18(25)15-17-7-3-4-8-17;/h17H,2-16H2,1H3,(H,21,23)(H,22,25);1H. The van der Waals surface area contributed by atoms with Gasteiger partial charge in [-0.05, 0) is 43.4 Å². The van der Waals surface area contributed by atoms with Crippen molar-refractivity contribution in [3.63, 3.8) is 0 Å². The molecule has 0 radical (unpaired) electrons. The molecule has 0 bridgehead atoms. The second-order valence-electron chi connectivity index (χ2n) is 8.41. The summed E-state index contributed by atoms with van der Waals surface area (Å²) in [6.07, 6.45) is 14.1. The SMILES string of the molecule is CN=C(NCCNC(=O)CC1CCCC1)N1CCC2(CCCCC2)C1.I. The minimum absolute atomic E-state index is 0. The van der Waals surface area contributed by atoms with Gasteiger partial charge in [-0.1, -0.05) is 32.1 Å². The van der Waals surface area contributed by atoms with E-state index in [-0.39, 0.29) is 29.9 Å². The maximum atomic E-state index is 12.0. The highest BCUT2D eigenvalue weighted by Gasteiger charge is 2.39. The van der Waals surface area contributed by atoms with Crippen molar-refractivity contribution in [3.05, 3.63) is 0 Å². The number of likely N-dealkylation sites (tertiary alicyclic amines) is 1. The maximum absolute atomic E-state index is 12.0. The van der Waals surface area contributed by atoms with Gasteiger partial charge in [-0.15, -0.1) is 24.0 Å². The second-order valence-corrected chi connectivity index (χ2v) is 8.41. The fraction of sp³-hybridized carbons (Fsp3) is 0.900. The van der Waals surface area contributed by atoms with E-state index in [1.807, 2.05) is 7.05 Å². The molecule has 2 N–H and O–H groups in total. The zero-order valence-electron chi connectivity index (χ0n) is 16.4. The second kappa shape index (κ2) is 10.7. The van der Waals surface area contributed by atoms with Crippen molar-refractivity contribution in [1.82, 2.24) is 15.5 Å². The molecule has 3 fully saturated rings. The Hall–Kier alpha value is -0.530. The van der Waals surface area contributed by atoms with Crippen molar-refractivity contribution in [1.29, 1.82) is 0 Å². The summed E-state index contributed by atoms with van der Waals surface area (Å²) in [5, 5.41) is 6.51. The monoisotopic (exact) mass is 476 g/mol. The lowest BCUT2D eigenvalue weighted by Crippen LogP contribution is -2.44. The molecule has 1 saturated heterocycles. The van der Waals surface area contributed by atoms with E-state index in [4.69, 9.17) is 0 Å². The van der Waals surface area contributed by atoms with Crippen molar-refractivity contribution in [2.75, 3.05) is 33.2 Å².